The van der Waals surface area contributed by atoms with E-state index < -0.39 is 11.8 Å². The molecule has 3 heterocycles. The van der Waals surface area contributed by atoms with Crippen molar-refractivity contribution in [3.63, 3.8) is 0 Å². The minimum absolute atomic E-state index is 0.184. The van der Waals surface area contributed by atoms with Crippen molar-refractivity contribution >= 4 is 17.6 Å². The molecule has 1 saturated heterocycles. The molecule has 2 N–H and O–H groups in total. The Hall–Kier alpha value is -2.97. The van der Waals surface area contributed by atoms with Gasteiger partial charge < -0.3 is 10.2 Å². The number of carbonyl (C=O) groups excluding carboxylic acids is 2. The summed E-state index contributed by atoms with van der Waals surface area (Å²) in [5.41, 5.74) is 1.42. The Labute approximate surface area is 163 Å². The molecule has 1 fully saturated rings. The molecule has 9 nitrogen and oxygen atoms in total. The lowest BCUT2D eigenvalue weighted by atomic mass is 9.92. The number of rotatable bonds is 2. The van der Waals surface area contributed by atoms with Crippen molar-refractivity contribution < 1.29 is 9.59 Å². The van der Waals surface area contributed by atoms with Crippen molar-refractivity contribution in [3.8, 4) is 5.95 Å². The zero-order valence-corrected chi connectivity index (χ0v) is 16.9. The molecule has 9 heteroatoms. The Morgan fingerprint density at radius 1 is 1.18 bits per heavy atom. The van der Waals surface area contributed by atoms with E-state index in [1.54, 1.807) is 31.7 Å². The molecule has 0 radical (unpaired) electrons. The standard InChI is InChI=1S/C19H26N6O3/c1-10-6-11(2)9-24(8-10)18(28)17(27)21-15-7-12(3)23-25(15)19-20-14(5)13(4)16(26)22-19/h7,10-11H,6,8-9H2,1-5H3,(H,21,27)(H,20,22,26)/t10-,11+. The van der Waals surface area contributed by atoms with E-state index in [0.29, 0.717) is 41.9 Å². The van der Waals surface area contributed by atoms with E-state index in [1.165, 1.54) is 4.68 Å². The van der Waals surface area contributed by atoms with Gasteiger partial charge in [0.25, 0.3) is 5.56 Å². The van der Waals surface area contributed by atoms with Gasteiger partial charge in [-0.05, 0) is 39.0 Å². The van der Waals surface area contributed by atoms with Gasteiger partial charge in [0.2, 0.25) is 5.95 Å². The zero-order chi connectivity index (χ0) is 20.6. The summed E-state index contributed by atoms with van der Waals surface area (Å²) in [6.07, 6.45) is 1.04. The van der Waals surface area contributed by atoms with Gasteiger partial charge in [0.15, 0.2) is 0 Å². The average molecular weight is 386 g/mol. The minimum atomic E-state index is -0.728. The summed E-state index contributed by atoms with van der Waals surface area (Å²) >= 11 is 0. The Morgan fingerprint density at radius 3 is 2.43 bits per heavy atom. The first-order valence-corrected chi connectivity index (χ1v) is 9.40. The molecule has 2 amide bonds. The normalized spacial score (nSPS) is 19.5. The summed E-state index contributed by atoms with van der Waals surface area (Å²) in [4.78, 5) is 45.8. The van der Waals surface area contributed by atoms with E-state index in [4.69, 9.17) is 0 Å². The Bertz CT molecular complexity index is 967. The molecule has 0 aliphatic carbocycles. The van der Waals surface area contributed by atoms with Crippen LogP contribution in [-0.2, 0) is 9.59 Å². The Kier molecular flexibility index (Phi) is 5.35. The summed E-state index contributed by atoms with van der Waals surface area (Å²) in [5.74, 6) is -0.111. The van der Waals surface area contributed by atoms with E-state index in [0.717, 1.165) is 6.42 Å². The predicted molar refractivity (Wildman–Crippen MR) is 104 cm³/mol. The van der Waals surface area contributed by atoms with Gasteiger partial charge in [0.05, 0.1) is 5.69 Å². The highest BCUT2D eigenvalue weighted by molar-refractivity contribution is 6.39. The smallest absolute Gasteiger partial charge is 0.315 e. The molecule has 3 rings (SSSR count). The van der Waals surface area contributed by atoms with Crippen molar-refractivity contribution in [2.75, 3.05) is 18.4 Å². The van der Waals surface area contributed by atoms with Crippen LogP contribution < -0.4 is 10.9 Å². The first-order chi connectivity index (χ1) is 13.2. The van der Waals surface area contributed by atoms with Crippen LogP contribution in [0.2, 0.25) is 0 Å². The van der Waals surface area contributed by atoms with Crippen molar-refractivity contribution in [2.45, 2.75) is 41.0 Å². The van der Waals surface area contributed by atoms with Gasteiger partial charge in [-0.2, -0.15) is 9.78 Å². The molecule has 1 aliphatic rings. The summed E-state index contributed by atoms with van der Waals surface area (Å²) in [6.45, 7) is 10.5. The van der Waals surface area contributed by atoms with E-state index in [1.807, 2.05) is 0 Å². The van der Waals surface area contributed by atoms with Crippen LogP contribution in [0.5, 0.6) is 0 Å². The van der Waals surface area contributed by atoms with Gasteiger partial charge in [-0.15, -0.1) is 0 Å². The maximum atomic E-state index is 12.6. The van der Waals surface area contributed by atoms with Crippen molar-refractivity contribution in [3.05, 3.63) is 33.4 Å². The molecular weight excluding hydrogens is 360 g/mol. The number of likely N-dealkylation sites (tertiary alicyclic amines) is 1. The van der Waals surface area contributed by atoms with E-state index >= 15 is 0 Å². The number of aromatic amines is 1. The lowest BCUT2D eigenvalue weighted by Gasteiger charge is -2.34. The van der Waals surface area contributed by atoms with Crippen molar-refractivity contribution in [1.29, 1.82) is 0 Å². The largest absolute Gasteiger partial charge is 0.334 e. The highest BCUT2D eigenvalue weighted by atomic mass is 16.2. The van der Waals surface area contributed by atoms with Gasteiger partial charge in [-0.3, -0.25) is 19.4 Å². The molecule has 0 unspecified atom stereocenters. The molecule has 2 aromatic heterocycles. The molecule has 2 aromatic rings. The lowest BCUT2D eigenvalue weighted by Crippen LogP contribution is -2.47. The molecule has 0 aromatic carbocycles. The van der Waals surface area contributed by atoms with Crippen molar-refractivity contribution in [1.82, 2.24) is 24.6 Å². The monoisotopic (exact) mass is 386 g/mol. The van der Waals surface area contributed by atoms with Gasteiger partial charge in [-0.25, -0.2) is 4.98 Å². The van der Waals surface area contributed by atoms with E-state index in [2.05, 4.69) is 34.2 Å². The van der Waals surface area contributed by atoms with Crippen LogP contribution in [0.25, 0.3) is 5.95 Å². The van der Waals surface area contributed by atoms with Crippen LogP contribution in [0, 0.1) is 32.6 Å². The number of carbonyl (C=O) groups is 2. The number of aryl methyl sites for hydroxylation is 2. The van der Waals surface area contributed by atoms with Gasteiger partial charge in [-0.1, -0.05) is 13.8 Å². The van der Waals surface area contributed by atoms with Gasteiger partial charge in [0, 0.05) is 30.4 Å². The van der Waals surface area contributed by atoms with E-state index in [9.17, 15) is 14.4 Å². The SMILES string of the molecule is Cc1cc(NC(=O)C(=O)N2C[C@H](C)C[C@H](C)C2)n(-c2nc(C)c(C)c(=O)[nH]2)n1. The number of amides is 2. The maximum absolute atomic E-state index is 12.6. The highest BCUT2D eigenvalue weighted by Crippen LogP contribution is 2.21. The molecule has 28 heavy (non-hydrogen) atoms. The highest BCUT2D eigenvalue weighted by Gasteiger charge is 2.30. The van der Waals surface area contributed by atoms with Crippen molar-refractivity contribution in [2.24, 2.45) is 11.8 Å². The number of hydrogen-bond donors (Lipinski definition) is 2. The molecule has 0 bridgehead atoms. The van der Waals surface area contributed by atoms with Crippen LogP contribution in [-0.4, -0.2) is 49.6 Å². The Balaban J connectivity index is 1.84. The fourth-order valence-corrected chi connectivity index (χ4v) is 3.62. The first-order valence-electron chi connectivity index (χ1n) is 9.40. The number of hydrogen-bond acceptors (Lipinski definition) is 5. The second-order valence-electron chi connectivity index (χ2n) is 7.79. The summed E-state index contributed by atoms with van der Waals surface area (Å²) < 4.78 is 1.33. The fourth-order valence-electron chi connectivity index (χ4n) is 3.62. The zero-order valence-electron chi connectivity index (χ0n) is 16.9. The second kappa shape index (κ2) is 7.57. The summed E-state index contributed by atoms with van der Waals surface area (Å²) in [7, 11) is 0. The third-order valence-electron chi connectivity index (χ3n) is 5.01. The van der Waals surface area contributed by atoms with Crippen LogP contribution in [0.4, 0.5) is 5.82 Å². The first kappa shape index (κ1) is 19.8. The number of aromatic nitrogens is 4. The summed E-state index contributed by atoms with van der Waals surface area (Å²) in [6, 6.07) is 1.63. The summed E-state index contributed by atoms with van der Waals surface area (Å²) in [5, 5.41) is 6.90. The quantitative estimate of drug-likeness (QED) is 0.756. The molecular formula is C19H26N6O3. The van der Waals surface area contributed by atoms with Crippen LogP contribution in [0.15, 0.2) is 10.9 Å². The lowest BCUT2D eigenvalue weighted by molar-refractivity contribution is -0.145. The number of H-pyrrole nitrogens is 1. The molecule has 0 saturated carbocycles. The number of nitrogens with zero attached hydrogens (tertiary/aromatic N) is 4. The molecule has 150 valence electrons. The van der Waals surface area contributed by atoms with Crippen LogP contribution >= 0.6 is 0 Å². The second-order valence-corrected chi connectivity index (χ2v) is 7.79. The van der Waals surface area contributed by atoms with Gasteiger partial charge >= 0.3 is 11.8 Å². The third-order valence-corrected chi connectivity index (χ3v) is 5.01. The molecule has 1 aliphatic heterocycles. The number of nitrogens with one attached hydrogen (secondary N) is 2. The Morgan fingerprint density at radius 2 is 1.82 bits per heavy atom. The molecule has 0 spiro atoms. The molecule has 2 atom stereocenters. The number of anilines is 1. The maximum Gasteiger partial charge on any atom is 0.315 e. The average Bonchev–Trinajstić information content (AvgIpc) is 2.97. The van der Waals surface area contributed by atoms with Gasteiger partial charge in [0.1, 0.15) is 5.82 Å². The minimum Gasteiger partial charge on any atom is -0.334 e. The van der Waals surface area contributed by atoms with E-state index in [-0.39, 0.29) is 17.3 Å². The third kappa shape index (κ3) is 3.97. The predicted octanol–water partition coefficient (Wildman–Crippen LogP) is 1.32. The van der Waals surface area contributed by atoms with Crippen LogP contribution in [0.3, 0.4) is 0 Å². The number of piperidine rings is 1. The topological polar surface area (TPSA) is 113 Å². The van der Waals surface area contributed by atoms with Crippen LogP contribution in [0.1, 0.15) is 37.2 Å². The fraction of sp³-hybridized carbons (Fsp3) is 0.526.